The molecule has 0 amide bonds. The van der Waals surface area contributed by atoms with Crippen LogP contribution in [0, 0.1) is 0 Å². The summed E-state index contributed by atoms with van der Waals surface area (Å²) >= 11 is 0. The number of benzene rings is 2. The van der Waals surface area contributed by atoms with Crippen LogP contribution in [0.15, 0.2) is 59.8 Å². The number of hydrogen-bond acceptors (Lipinski definition) is 5. The number of nitrogens with zero attached hydrogens (tertiary/aromatic N) is 3. The average molecular weight is 453 g/mol. The van der Waals surface area contributed by atoms with Gasteiger partial charge in [0.1, 0.15) is 5.75 Å². The lowest BCUT2D eigenvalue weighted by atomic mass is 9.96. The van der Waals surface area contributed by atoms with Crippen molar-refractivity contribution in [3.05, 3.63) is 65.3 Å². The summed E-state index contributed by atoms with van der Waals surface area (Å²) in [6, 6.07) is 10.7. The SMILES string of the molecule is CCS(=O)(=O)Nc1ccc(OC)c(-c2cn(C)c(=O)c3ccc(-c4cnn(C)c4)cc23)c1. The largest absolute Gasteiger partial charge is 0.496 e. The monoisotopic (exact) mass is 452 g/mol. The van der Waals surface area contributed by atoms with Crippen molar-refractivity contribution in [2.75, 3.05) is 17.6 Å². The van der Waals surface area contributed by atoms with Crippen molar-refractivity contribution in [2.24, 2.45) is 14.1 Å². The molecule has 0 aliphatic rings. The second-order valence-electron chi connectivity index (χ2n) is 7.54. The normalized spacial score (nSPS) is 11.6. The van der Waals surface area contributed by atoms with Crippen molar-refractivity contribution in [3.63, 3.8) is 0 Å². The zero-order chi connectivity index (χ0) is 23.0. The lowest BCUT2D eigenvalue weighted by Gasteiger charge is -2.16. The molecule has 4 aromatic rings. The summed E-state index contributed by atoms with van der Waals surface area (Å²) in [4.78, 5) is 12.8. The number of sulfonamides is 1. The number of rotatable bonds is 6. The van der Waals surface area contributed by atoms with Crippen LogP contribution in [0.2, 0.25) is 0 Å². The maximum Gasteiger partial charge on any atom is 0.258 e. The Kier molecular flexibility index (Phi) is 5.52. The molecule has 0 fully saturated rings. The Morgan fingerprint density at radius 1 is 1.00 bits per heavy atom. The standard InChI is InChI=1S/C23H24N4O4S/c1-5-32(29,30)25-17-7-9-22(31-4)20(11-17)21-14-26(2)23(28)18-8-6-15(10-19(18)21)16-12-24-27(3)13-16/h6-14,25H,5H2,1-4H3. The van der Waals surface area contributed by atoms with Crippen LogP contribution in [0.1, 0.15) is 6.92 Å². The van der Waals surface area contributed by atoms with Gasteiger partial charge in [-0.2, -0.15) is 5.10 Å². The third kappa shape index (κ3) is 3.99. The molecule has 0 radical (unpaired) electrons. The first-order valence-electron chi connectivity index (χ1n) is 10.0. The van der Waals surface area contributed by atoms with Gasteiger partial charge in [0.25, 0.3) is 5.56 Å². The third-order valence-electron chi connectivity index (χ3n) is 5.36. The fourth-order valence-electron chi connectivity index (χ4n) is 3.66. The van der Waals surface area contributed by atoms with Gasteiger partial charge in [0, 0.05) is 54.3 Å². The molecule has 4 rings (SSSR count). The highest BCUT2D eigenvalue weighted by Gasteiger charge is 2.16. The Balaban J connectivity index is 1.99. The van der Waals surface area contributed by atoms with Crippen LogP contribution in [0.4, 0.5) is 5.69 Å². The summed E-state index contributed by atoms with van der Waals surface area (Å²) in [6.45, 7) is 1.58. The minimum atomic E-state index is -3.44. The van der Waals surface area contributed by atoms with E-state index in [0.29, 0.717) is 22.4 Å². The molecule has 32 heavy (non-hydrogen) atoms. The summed E-state index contributed by atoms with van der Waals surface area (Å²) in [6.07, 6.45) is 5.42. The molecule has 0 aliphatic heterocycles. The van der Waals surface area contributed by atoms with Gasteiger partial charge in [-0.15, -0.1) is 0 Å². The summed E-state index contributed by atoms with van der Waals surface area (Å²) in [5.41, 5.74) is 3.57. The molecule has 8 nitrogen and oxygen atoms in total. The van der Waals surface area contributed by atoms with E-state index in [2.05, 4.69) is 9.82 Å². The lowest BCUT2D eigenvalue weighted by Crippen LogP contribution is -2.17. The van der Waals surface area contributed by atoms with E-state index >= 15 is 0 Å². The van der Waals surface area contributed by atoms with Gasteiger partial charge in [0.15, 0.2) is 0 Å². The third-order valence-corrected chi connectivity index (χ3v) is 6.67. The summed E-state index contributed by atoms with van der Waals surface area (Å²) < 4.78 is 35.6. The Bertz CT molecular complexity index is 1490. The van der Waals surface area contributed by atoms with Crippen LogP contribution < -0.4 is 15.0 Å². The van der Waals surface area contributed by atoms with Crippen molar-refractivity contribution >= 4 is 26.5 Å². The van der Waals surface area contributed by atoms with Gasteiger partial charge in [-0.25, -0.2) is 8.42 Å². The first-order valence-corrected chi connectivity index (χ1v) is 11.7. The Morgan fingerprint density at radius 3 is 2.44 bits per heavy atom. The van der Waals surface area contributed by atoms with Gasteiger partial charge in [-0.05, 0) is 48.2 Å². The highest BCUT2D eigenvalue weighted by atomic mass is 32.2. The number of fused-ring (bicyclic) bond motifs is 1. The summed E-state index contributed by atoms with van der Waals surface area (Å²) in [7, 11) is 1.65. The second kappa shape index (κ2) is 8.16. The van der Waals surface area contributed by atoms with Crippen molar-refractivity contribution in [3.8, 4) is 28.0 Å². The van der Waals surface area contributed by atoms with Gasteiger partial charge in [-0.1, -0.05) is 6.07 Å². The first kappa shape index (κ1) is 21.6. The second-order valence-corrected chi connectivity index (χ2v) is 9.55. The highest BCUT2D eigenvalue weighted by Crippen LogP contribution is 2.37. The highest BCUT2D eigenvalue weighted by molar-refractivity contribution is 7.92. The molecule has 9 heteroatoms. The molecule has 0 saturated carbocycles. The number of pyridine rings is 1. The summed E-state index contributed by atoms with van der Waals surface area (Å²) in [5.74, 6) is 0.530. The Hall–Kier alpha value is -3.59. The zero-order valence-corrected chi connectivity index (χ0v) is 19.1. The van der Waals surface area contributed by atoms with Crippen molar-refractivity contribution < 1.29 is 13.2 Å². The molecule has 0 atom stereocenters. The van der Waals surface area contributed by atoms with Gasteiger partial charge in [-0.3, -0.25) is 14.2 Å². The lowest BCUT2D eigenvalue weighted by molar-refractivity contribution is 0.416. The molecule has 0 bridgehead atoms. The molecule has 0 spiro atoms. The molecule has 0 saturated heterocycles. The first-order chi connectivity index (χ1) is 15.2. The summed E-state index contributed by atoms with van der Waals surface area (Å²) in [5, 5.41) is 5.53. The molecule has 0 unspecified atom stereocenters. The fourth-order valence-corrected chi connectivity index (χ4v) is 4.29. The quantitative estimate of drug-likeness (QED) is 0.484. The zero-order valence-electron chi connectivity index (χ0n) is 18.3. The van der Waals surface area contributed by atoms with Crippen molar-refractivity contribution in [2.45, 2.75) is 6.92 Å². The van der Waals surface area contributed by atoms with E-state index in [0.717, 1.165) is 22.1 Å². The number of hydrogen-bond donors (Lipinski definition) is 1. The van der Waals surface area contributed by atoms with Crippen LogP contribution in [0.25, 0.3) is 33.0 Å². The van der Waals surface area contributed by atoms with E-state index in [9.17, 15) is 13.2 Å². The number of methoxy groups -OCH3 is 1. The number of anilines is 1. The number of aromatic nitrogens is 3. The Morgan fingerprint density at radius 2 is 1.78 bits per heavy atom. The molecule has 166 valence electrons. The maximum absolute atomic E-state index is 12.8. The average Bonchev–Trinajstić information content (AvgIpc) is 3.22. The van der Waals surface area contributed by atoms with Crippen molar-refractivity contribution in [1.82, 2.24) is 14.3 Å². The van der Waals surface area contributed by atoms with Gasteiger partial charge in [0.2, 0.25) is 10.0 Å². The smallest absolute Gasteiger partial charge is 0.258 e. The molecule has 1 N–H and O–H groups in total. The van der Waals surface area contributed by atoms with E-state index in [1.54, 1.807) is 62.4 Å². The van der Waals surface area contributed by atoms with Crippen LogP contribution in [0.5, 0.6) is 5.75 Å². The van der Waals surface area contributed by atoms with Crippen LogP contribution in [0.3, 0.4) is 0 Å². The van der Waals surface area contributed by atoms with Gasteiger partial charge >= 0.3 is 0 Å². The van der Waals surface area contributed by atoms with Crippen LogP contribution in [-0.2, 0) is 24.1 Å². The van der Waals surface area contributed by atoms with Crippen LogP contribution >= 0.6 is 0 Å². The number of aryl methyl sites for hydroxylation is 2. The van der Waals surface area contributed by atoms with E-state index in [-0.39, 0.29) is 11.3 Å². The van der Waals surface area contributed by atoms with E-state index < -0.39 is 10.0 Å². The van der Waals surface area contributed by atoms with Crippen LogP contribution in [-0.4, -0.2) is 35.6 Å². The minimum Gasteiger partial charge on any atom is -0.496 e. The number of nitrogens with one attached hydrogen (secondary N) is 1. The topological polar surface area (TPSA) is 95.2 Å². The molecule has 2 heterocycles. The minimum absolute atomic E-state index is 0.0361. The van der Waals surface area contributed by atoms with Gasteiger partial charge < -0.3 is 9.30 Å². The van der Waals surface area contributed by atoms with E-state index in [1.807, 2.05) is 25.4 Å². The predicted molar refractivity (Wildman–Crippen MR) is 126 cm³/mol. The molecular weight excluding hydrogens is 428 g/mol. The predicted octanol–water partition coefficient (Wildman–Crippen LogP) is 3.38. The van der Waals surface area contributed by atoms with Crippen molar-refractivity contribution in [1.29, 1.82) is 0 Å². The molecule has 2 aromatic heterocycles. The Labute approximate surface area is 186 Å². The van der Waals surface area contributed by atoms with E-state index in [4.69, 9.17) is 4.74 Å². The number of ether oxygens (including phenoxy) is 1. The molecule has 0 aliphatic carbocycles. The van der Waals surface area contributed by atoms with E-state index in [1.165, 1.54) is 4.57 Å². The van der Waals surface area contributed by atoms with Gasteiger partial charge in [0.05, 0.1) is 19.1 Å². The molecular formula is C23H24N4O4S. The fraction of sp³-hybridized carbons (Fsp3) is 0.217. The molecule has 2 aromatic carbocycles. The maximum atomic E-state index is 12.8.